The van der Waals surface area contributed by atoms with Gasteiger partial charge in [-0.15, -0.1) is 0 Å². The highest BCUT2D eigenvalue weighted by atomic mass is 32.2. The van der Waals surface area contributed by atoms with E-state index in [4.69, 9.17) is 0 Å². The average molecular weight is 368 g/mol. The van der Waals surface area contributed by atoms with E-state index in [-0.39, 0.29) is 24.4 Å². The summed E-state index contributed by atoms with van der Waals surface area (Å²) < 4.78 is 24.8. The SMILES string of the molecule is CC(C)N(CCS(=O)(=O)c1ccccc1)C(=O)NCCN1CCCC1. The highest BCUT2D eigenvalue weighted by Crippen LogP contribution is 2.11. The molecule has 2 rings (SSSR count). The largest absolute Gasteiger partial charge is 0.337 e. The lowest BCUT2D eigenvalue weighted by Gasteiger charge is -2.27. The van der Waals surface area contributed by atoms with Gasteiger partial charge in [-0.1, -0.05) is 18.2 Å². The molecule has 140 valence electrons. The molecule has 1 aliphatic rings. The lowest BCUT2D eigenvalue weighted by atomic mass is 10.3. The summed E-state index contributed by atoms with van der Waals surface area (Å²) in [6.07, 6.45) is 2.45. The zero-order chi connectivity index (χ0) is 18.3. The maximum atomic E-state index is 12.4. The van der Waals surface area contributed by atoms with E-state index in [0.717, 1.165) is 19.6 Å². The van der Waals surface area contributed by atoms with E-state index in [1.807, 2.05) is 13.8 Å². The number of rotatable bonds is 8. The molecule has 2 amide bonds. The molecule has 1 aromatic carbocycles. The Morgan fingerprint density at radius 1 is 1.20 bits per heavy atom. The zero-order valence-corrected chi connectivity index (χ0v) is 16.0. The van der Waals surface area contributed by atoms with Crippen molar-refractivity contribution in [3.05, 3.63) is 30.3 Å². The molecule has 0 unspecified atom stereocenters. The lowest BCUT2D eigenvalue weighted by molar-refractivity contribution is 0.185. The molecule has 0 radical (unpaired) electrons. The number of amides is 2. The first-order chi connectivity index (χ1) is 11.9. The fraction of sp³-hybridized carbons (Fsp3) is 0.611. The number of carbonyl (C=O) groups excluding carboxylic acids is 1. The molecule has 25 heavy (non-hydrogen) atoms. The van der Waals surface area contributed by atoms with E-state index in [2.05, 4.69) is 10.2 Å². The van der Waals surface area contributed by atoms with Crippen LogP contribution in [0.2, 0.25) is 0 Å². The van der Waals surface area contributed by atoms with Crippen LogP contribution in [0.4, 0.5) is 4.79 Å². The van der Waals surface area contributed by atoms with Gasteiger partial charge in [-0.25, -0.2) is 13.2 Å². The highest BCUT2D eigenvalue weighted by molar-refractivity contribution is 7.91. The third kappa shape index (κ3) is 6.01. The van der Waals surface area contributed by atoms with Gasteiger partial charge in [0.2, 0.25) is 0 Å². The van der Waals surface area contributed by atoms with Crippen LogP contribution < -0.4 is 5.32 Å². The van der Waals surface area contributed by atoms with Crippen molar-refractivity contribution in [3.63, 3.8) is 0 Å². The van der Waals surface area contributed by atoms with Gasteiger partial charge in [0.25, 0.3) is 0 Å². The van der Waals surface area contributed by atoms with E-state index in [1.165, 1.54) is 12.8 Å². The van der Waals surface area contributed by atoms with Crippen molar-refractivity contribution in [1.29, 1.82) is 0 Å². The third-order valence-corrected chi connectivity index (χ3v) is 6.20. The van der Waals surface area contributed by atoms with Gasteiger partial charge in [0.1, 0.15) is 0 Å². The number of sulfone groups is 1. The summed E-state index contributed by atoms with van der Waals surface area (Å²) in [5, 5.41) is 2.92. The number of nitrogens with zero attached hydrogens (tertiary/aromatic N) is 2. The summed E-state index contributed by atoms with van der Waals surface area (Å²) in [6.45, 7) is 7.61. The third-order valence-electron chi connectivity index (χ3n) is 4.49. The Balaban J connectivity index is 1.85. The molecule has 1 heterocycles. The Kier molecular flexibility index (Phi) is 7.25. The van der Waals surface area contributed by atoms with Crippen LogP contribution in [0.15, 0.2) is 35.2 Å². The minimum Gasteiger partial charge on any atom is -0.337 e. The molecule has 0 saturated carbocycles. The van der Waals surface area contributed by atoms with Crippen LogP contribution in [0.5, 0.6) is 0 Å². The highest BCUT2D eigenvalue weighted by Gasteiger charge is 2.21. The molecular formula is C18H29N3O3S. The minimum atomic E-state index is -3.39. The van der Waals surface area contributed by atoms with Gasteiger partial charge in [0, 0.05) is 25.7 Å². The van der Waals surface area contributed by atoms with Crippen molar-refractivity contribution in [2.45, 2.75) is 37.6 Å². The molecular weight excluding hydrogens is 338 g/mol. The molecule has 0 aliphatic carbocycles. The van der Waals surface area contributed by atoms with Gasteiger partial charge in [-0.05, 0) is 51.9 Å². The molecule has 0 aromatic heterocycles. The Bertz CT molecular complexity index is 641. The monoisotopic (exact) mass is 367 g/mol. The Morgan fingerprint density at radius 3 is 2.44 bits per heavy atom. The fourth-order valence-corrected chi connectivity index (χ4v) is 4.23. The van der Waals surface area contributed by atoms with Crippen LogP contribution in [0, 0.1) is 0 Å². The van der Waals surface area contributed by atoms with Gasteiger partial charge in [-0.3, -0.25) is 0 Å². The Labute approximate surface area is 151 Å². The van der Waals surface area contributed by atoms with Crippen molar-refractivity contribution in [1.82, 2.24) is 15.1 Å². The quantitative estimate of drug-likeness (QED) is 0.763. The van der Waals surface area contributed by atoms with E-state index < -0.39 is 9.84 Å². The van der Waals surface area contributed by atoms with Crippen molar-refractivity contribution in [2.24, 2.45) is 0 Å². The second-order valence-electron chi connectivity index (χ2n) is 6.70. The smallest absolute Gasteiger partial charge is 0.317 e. The number of carbonyl (C=O) groups is 1. The van der Waals surface area contributed by atoms with Crippen LogP contribution in [-0.2, 0) is 9.84 Å². The first kappa shape index (κ1) is 19.7. The number of hydrogen-bond acceptors (Lipinski definition) is 4. The van der Waals surface area contributed by atoms with Crippen molar-refractivity contribution >= 4 is 15.9 Å². The van der Waals surface area contributed by atoms with Crippen molar-refractivity contribution in [2.75, 3.05) is 38.5 Å². The fourth-order valence-electron chi connectivity index (χ4n) is 2.99. The van der Waals surface area contributed by atoms with Crippen LogP contribution >= 0.6 is 0 Å². The molecule has 1 saturated heterocycles. The predicted octanol–water partition coefficient (Wildman–Crippen LogP) is 1.98. The predicted molar refractivity (Wildman–Crippen MR) is 99.4 cm³/mol. The zero-order valence-electron chi connectivity index (χ0n) is 15.1. The lowest BCUT2D eigenvalue weighted by Crippen LogP contribution is -2.47. The summed E-state index contributed by atoms with van der Waals surface area (Å²) in [5.74, 6) is -0.0747. The summed E-state index contributed by atoms with van der Waals surface area (Å²) in [7, 11) is -3.39. The van der Waals surface area contributed by atoms with Crippen LogP contribution in [0.25, 0.3) is 0 Å². The summed E-state index contributed by atoms with van der Waals surface area (Å²) >= 11 is 0. The van der Waals surface area contributed by atoms with Gasteiger partial charge >= 0.3 is 6.03 Å². The van der Waals surface area contributed by atoms with E-state index >= 15 is 0 Å². The molecule has 1 N–H and O–H groups in total. The first-order valence-corrected chi connectivity index (χ1v) is 10.6. The van der Waals surface area contributed by atoms with E-state index in [9.17, 15) is 13.2 Å². The molecule has 7 heteroatoms. The van der Waals surface area contributed by atoms with Gasteiger partial charge < -0.3 is 15.1 Å². The van der Waals surface area contributed by atoms with Crippen LogP contribution in [-0.4, -0.2) is 68.8 Å². The average Bonchev–Trinajstić information content (AvgIpc) is 3.09. The molecule has 0 atom stereocenters. The molecule has 1 aliphatic heterocycles. The molecule has 6 nitrogen and oxygen atoms in total. The van der Waals surface area contributed by atoms with E-state index in [1.54, 1.807) is 35.2 Å². The van der Waals surface area contributed by atoms with Crippen molar-refractivity contribution in [3.8, 4) is 0 Å². The topological polar surface area (TPSA) is 69.7 Å². The molecule has 1 fully saturated rings. The minimum absolute atomic E-state index is 0.0576. The Morgan fingerprint density at radius 2 is 1.84 bits per heavy atom. The first-order valence-electron chi connectivity index (χ1n) is 8.95. The molecule has 0 spiro atoms. The van der Waals surface area contributed by atoms with Crippen LogP contribution in [0.1, 0.15) is 26.7 Å². The van der Waals surface area contributed by atoms with Gasteiger partial charge in [-0.2, -0.15) is 0 Å². The second-order valence-corrected chi connectivity index (χ2v) is 8.81. The molecule has 0 bridgehead atoms. The normalized spacial score (nSPS) is 15.5. The Hall–Kier alpha value is -1.60. The maximum Gasteiger partial charge on any atom is 0.317 e. The maximum absolute atomic E-state index is 12.4. The number of nitrogens with one attached hydrogen (secondary N) is 1. The van der Waals surface area contributed by atoms with Gasteiger partial charge in [0.15, 0.2) is 9.84 Å². The summed E-state index contributed by atoms with van der Waals surface area (Å²) in [4.78, 5) is 16.6. The van der Waals surface area contributed by atoms with Crippen molar-refractivity contribution < 1.29 is 13.2 Å². The van der Waals surface area contributed by atoms with Gasteiger partial charge in [0.05, 0.1) is 10.6 Å². The number of hydrogen-bond donors (Lipinski definition) is 1. The standard InChI is InChI=1S/C18H29N3O3S/c1-16(2)21(18(22)19-10-13-20-11-6-7-12-20)14-15-25(23,24)17-8-4-3-5-9-17/h3-5,8-9,16H,6-7,10-15H2,1-2H3,(H,19,22). The number of benzene rings is 1. The number of urea groups is 1. The van der Waals surface area contributed by atoms with Crippen LogP contribution in [0.3, 0.4) is 0 Å². The molecule has 1 aromatic rings. The van der Waals surface area contributed by atoms with E-state index in [0.29, 0.717) is 11.4 Å². The second kappa shape index (κ2) is 9.20. The summed E-state index contributed by atoms with van der Waals surface area (Å²) in [6, 6.07) is 8.12. The number of likely N-dealkylation sites (tertiary alicyclic amines) is 1. The summed E-state index contributed by atoms with van der Waals surface area (Å²) in [5.41, 5.74) is 0.